The van der Waals surface area contributed by atoms with Gasteiger partial charge < -0.3 is 20.4 Å². The van der Waals surface area contributed by atoms with E-state index in [1.807, 2.05) is 0 Å². The van der Waals surface area contributed by atoms with Gasteiger partial charge in [0.1, 0.15) is 0 Å². The Hall–Kier alpha value is -2.08. The molecule has 0 saturated heterocycles. The van der Waals surface area contributed by atoms with Crippen LogP contribution in [0.3, 0.4) is 0 Å². The number of likely N-dealkylation sites (N-methyl/N-ethyl adjacent to an activating group) is 1. The third kappa shape index (κ3) is 4.42. The Morgan fingerprint density at radius 2 is 2.11 bits per heavy atom. The molecule has 0 radical (unpaired) electrons. The minimum atomic E-state index is -0.920. The zero-order valence-electron chi connectivity index (χ0n) is 10.1. The Bertz CT molecular complexity index is 434. The van der Waals surface area contributed by atoms with Crippen LogP contribution in [0.2, 0.25) is 0 Å². The van der Waals surface area contributed by atoms with E-state index in [9.17, 15) is 9.59 Å². The number of aliphatic hydroxyl groups excluding tert-OH is 1. The summed E-state index contributed by atoms with van der Waals surface area (Å²) in [5, 5.41) is 20.0. The lowest BCUT2D eigenvalue weighted by molar-refractivity contribution is -0.136. The molecular formula is C12H16N2O4. The number of carboxylic acid groups (broad SMARTS) is 1. The summed E-state index contributed by atoms with van der Waals surface area (Å²) in [6, 6.07) is 6.30. The summed E-state index contributed by atoms with van der Waals surface area (Å²) in [5.74, 6) is -0.920. The van der Waals surface area contributed by atoms with Crippen LogP contribution in [0.1, 0.15) is 5.56 Å². The first kappa shape index (κ1) is 14.0. The van der Waals surface area contributed by atoms with Crippen LogP contribution in [-0.2, 0) is 11.2 Å². The smallest absolute Gasteiger partial charge is 0.321 e. The Morgan fingerprint density at radius 3 is 2.72 bits per heavy atom. The zero-order valence-corrected chi connectivity index (χ0v) is 10.1. The summed E-state index contributed by atoms with van der Waals surface area (Å²) in [6.07, 6.45) is -0.0871. The third-order valence-electron chi connectivity index (χ3n) is 2.32. The Morgan fingerprint density at radius 1 is 1.39 bits per heavy atom. The van der Waals surface area contributed by atoms with Gasteiger partial charge in [-0.3, -0.25) is 4.79 Å². The van der Waals surface area contributed by atoms with E-state index in [0.717, 1.165) is 0 Å². The van der Waals surface area contributed by atoms with Gasteiger partial charge in [0.15, 0.2) is 0 Å². The normalized spacial score (nSPS) is 9.89. The summed E-state index contributed by atoms with van der Waals surface area (Å²) >= 11 is 0. The second-order valence-corrected chi connectivity index (χ2v) is 3.85. The molecular weight excluding hydrogens is 236 g/mol. The number of nitrogens with zero attached hydrogens (tertiary/aromatic N) is 1. The number of carbonyl (C=O) groups is 2. The van der Waals surface area contributed by atoms with Crippen LogP contribution in [0.25, 0.3) is 0 Å². The van der Waals surface area contributed by atoms with Crippen LogP contribution in [0.5, 0.6) is 0 Å². The van der Waals surface area contributed by atoms with Crippen molar-refractivity contribution in [1.29, 1.82) is 0 Å². The molecule has 0 aliphatic rings. The maximum atomic E-state index is 11.6. The summed E-state index contributed by atoms with van der Waals surface area (Å²) in [4.78, 5) is 23.5. The van der Waals surface area contributed by atoms with Crippen molar-refractivity contribution >= 4 is 17.7 Å². The molecule has 18 heavy (non-hydrogen) atoms. The van der Waals surface area contributed by atoms with Crippen molar-refractivity contribution in [2.45, 2.75) is 6.42 Å². The van der Waals surface area contributed by atoms with E-state index in [2.05, 4.69) is 5.32 Å². The van der Waals surface area contributed by atoms with Gasteiger partial charge in [-0.2, -0.15) is 0 Å². The zero-order chi connectivity index (χ0) is 13.5. The number of hydrogen-bond acceptors (Lipinski definition) is 3. The van der Waals surface area contributed by atoms with Gasteiger partial charge in [-0.05, 0) is 17.7 Å². The van der Waals surface area contributed by atoms with E-state index in [1.165, 1.54) is 4.90 Å². The molecule has 0 aromatic heterocycles. The Balaban J connectivity index is 2.67. The van der Waals surface area contributed by atoms with E-state index < -0.39 is 5.97 Å². The van der Waals surface area contributed by atoms with Crippen molar-refractivity contribution in [3.8, 4) is 0 Å². The van der Waals surface area contributed by atoms with Crippen molar-refractivity contribution in [2.75, 3.05) is 25.5 Å². The summed E-state index contributed by atoms with van der Waals surface area (Å²) in [7, 11) is 1.56. The van der Waals surface area contributed by atoms with Gasteiger partial charge in [-0.15, -0.1) is 0 Å². The molecule has 0 fully saturated rings. The number of carbonyl (C=O) groups excluding carboxylic acids is 1. The first-order valence-corrected chi connectivity index (χ1v) is 5.46. The van der Waals surface area contributed by atoms with Gasteiger partial charge in [0.25, 0.3) is 0 Å². The Labute approximate surface area is 105 Å². The second-order valence-electron chi connectivity index (χ2n) is 3.85. The minimum Gasteiger partial charge on any atom is -0.481 e. The molecule has 1 aromatic rings. The molecule has 6 heteroatoms. The summed E-state index contributed by atoms with van der Waals surface area (Å²) in [5.41, 5.74) is 1.15. The minimum absolute atomic E-state index is 0.0871. The predicted molar refractivity (Wildman–Crippen MR) is 66.5 cm³/mol. The highest BCUT2D eigenvalue weighted by Gasteiger charge is 2.08. The highest BCUT2D eigenvalue weighted by molar-refractivity contribution is 5.89. The van der Waals surface area contributed by atoms with Crippen LogP contribution >= 0.6 is 0 Å². The van der Waals surface area contributed by atoms with Crippen molar-refractivity contribution in [2.24, 2.45) is 0 Å². The number of urea groups is 1. The maximum absolute atomic E-state index is 11.6. The van der Waals surface area contributed by atoms with E-state index in [-0.39, 0.29) is 25.6 Å². The Kier molecular flexibility index (Phi) is 5.13. The number of anilines is 1. The predicted octanol–water partition coefficient (Wildman–Crippen LogP) is 0.770. The lowest BCUT2D eigenvalue weighted by atomic mass is 10.1. The molecule has 0 bridgehead atoms. The standard InChI is InChI=1S/C12H16N2O4/c1-14(5-6-15)12(18)13-10-4-2-3-9(7-10)8-11(16)17/h2-4,7,15H,5-6,8H2,1H3,(H,13,18)(H,16,17). The van der Waals surface area contributed by atoms with Crippen LogP contribution in [0.15, 0.2) is 24.3 Å². The summed E-state index contributed by atoms with van der Waals surface area (Å²) in [6.45, 7) is 0.129. The maximum Gasteiger partial charge on any atom is 0.321 e. The molecule has 1 rings (SSSR count). The molecule has 1 aromatic carbocycles. The van der Waals surface area contributed by atoms with Gasteiger partial charge in [-0.1, -0.05) is 12.1 Å². The van der Waals surface area contributed by atoms with Crippen LogP contribution in [-0.4, -0.2) is 47.3 Å². The third-order valence-corrected chi connectivity index (χ3v) is 2.32. The summed E-state index contributed by atoms with van der Waals surface area (Å²) < 4.78 is 0. The van der Waals surface area contributed by atoms with Crippen molar-refractivity contribution in [3.05, 3.63) is 29.8 Å². The number of rotatable bonds is 5. The molecule has 0 heterocycles. The van der Waals surface area contributed by atoms with Gasteiger partial charge in [-0.25, -0.2) is 4.79 Å². The molecule has 3 N–H and O–H groups in total. The molecule has 0 unspecified atom stereocenters. The van der Waals surface area contributed by atoms with Crippen molar-refractivity contribution < 1.29 is 19.8 Å². The van der Waals surface area contributed by atoms with Gasteiger partial charge >= 0.3 is 12.0 Å². The molecule has 2 amide bonds. The largest absolute Gasteiger partial charge is 0.481 e. The lowest BCUT2D eigenvalue weighted by Crippen LogP contribution is -2.33. The van der Waals surface area contributed by atoms with E-state index in [0.29, 0.717) is 11.3 Å². The van der Waals surface area contributed by atoms with Crippen LogP contribution < -0.4 is 5.32 Å². The molecule has 0 aliphatic carbocycles. The van der Waals surface area contributed by atoms with Crippen LogP contribution in [0, 0.1) is 0 Å². The number of amides is 2. The van der Waals surface area contributed by atoms with Gasteiger partial charge in [0.2, 0.25) is 0 Å². The van der Waals surface area contributed by atoms with E-state index >= 15 is 0 Å². The fraction of sp³-hybridized carbons (Fsp3) is 0.333. The fourth-order valence-corrected chi connectivity index (χ4v) is 1.40. The molecule has 0 spiro atoms. The first-order valence-electron chi connectivity index (χ1n) is 5.46. The van der Waals surface area contributed by atoms with Crippen molar-refractivity contribution in [1.82, 2.24) is 4.90 Å². The lowest BCUT2D eigenvalue weighted by Gasteiger charge is -2.16. The molecule has 98 valence electrons. The topological polar surface area (TPSA) is 89.9 Å². The van der Waals surface area contributed by atoms with E-state index in [4.69, 9.17) is 10.2 Å². The number of benzene rings is 1. The molecule has 6 nitrogen and oxygen atoms in total. The van der Waals surface area contributed by atoms with Gasteiger partial charge in [0.05, 0.1) is 13.0 Å². The number of aliphatic carboxylic acids is 1. The van der Waals surface area contributed by atoms with Crippen molar-refractivity contribution in [3.63, 3.8) is 0 Å². The second kappa shape index (κ2) is 6.61. The monoisotopic (exact) mass is 252 g/mol. The molecule has 0 aliphatic heterocycles. The SMILES string of the molecule is CN(CCO)C(=O)Nc1cccc(CC(=O)O)c1. The van der Waals surface area contributed by atoms with Gasteiger partial charge in [0, 0.05) is 19.3 Å². The number of nitrogens with one attached hydrogen (secondary N) is 1. The van der Waals surface area contributed by atoms with E-state index in [1.54, 1.807) is 31.3 Å². The number of carboxylic acids is 1. The first-order chi connectivity index (χ1) is 8.52. The van der Waals surface area contributed by atoms with Crippen LogP contribution in [0.4, 0.5) is 10.5 Å². The number of aliphatic hydroxyl groups is 1. The molecule has 0 atom stereocenters. The average Bonchev–Trinajstić information content (AvgIpc) is 2.28. The highest BCUT2D eigenvalue weighted by Crippen LogP contribution is 2.11. The molecule has 0 saturated carbocycles. The quantitative estimate of drug-likeness (QED) is 0.722. The fourth-order valence-electron chi connectivity index (χ4n) is 1.40. The number of hydrogen-bond donors (Lipinski definition) is 3. The average molecular weight is 252 g/mol. The highest BCUT2D eigenvalue weighted by atomic mass is 16.4.